The fourth-order valence-electron chi connectivity index (χ4n) is 2.02. The smallest absolute Gasteiger partial charge is 0.339 e. The number of ether oxygens (including phenoxy) is 1. The van der Waals surface area contributed by atoms with Gasteiger partial charge in [0.15, 0.2) is 5.82 Å². The van der Waals surface area contributed by atoms with Gasteiger partial charge in [0, 0.05) is 16.1 Å². The second-order valence-electron chi connectivity index (χ2n) is 4.50. The van der Waals surface area contributed by atoms with Gasteiger partial charge in [0.05, 0.1) is 12.7 Å². The normalized spacial score (nSPS) is 10.8. The number of hydrogen-bond donors (Lipinski definition) is 1. The summed E-state index contributed by atoms with van der Waals surface area (Å²) in [6, 6.07) is 10.8. The highest BCUT2D eigenvalue weighted by Crippen LogP contribution is 2.33. The van der Waals surface area contributed by atoms with Crippen LogP contribution in [-0.2, 0) is 4.74 Å². The predicted octanol–water partition coefficient (Wildman–Crippen LogP) is 3.51. The average molecular weight is 334 g/mol. The van der Waals surface area contributed by atoms with Crippen molar-refractivity contribution in [2.45, 2.75) is 9.92 Å². The minimum atomic E-state index is -0.409. The summed E-state index contributed by atoms with van der Waals surface area (Å²) in [7, 11) is 1.34. The van der Waals surface area contributed by atoms with E-state index in [4.69, 9.17) is 22.1 Å². The molecule has 5 nitrogen and oxygen atoms in total. The number of nitrogens with two attached hydrogens (primary N) is 1. The summed E-state index contributed by atoms with van der Waals surface area (Å²) in [5, 5.41) is 1.37. The molecule has 0 saturated carbocycles. The Morgan fingerprint density at radius 1 is 1.36 bits per heavy atom. The van der Waals surface area contributed by atoms with Crippen molar-refractivity contribution in [1.29, 1.82) is 0 Å². The highest BCUT2D eigenvalue weighted by Gasteiger charge is 2.14. The van der Waals surface area contributed by atoms with Crippen LogP contribution in [-0.4, -0.2) is 22.5 Å². The summed E-state index contributed by atoms with van der Waals surface area (Å²) in [6.45, 7) is 0. The largest absolute Gasteiger partial charge is 0.465 e. The molecule has 22 heavy (non-hydrogen) atoms. The summed E-state index contributed by atoms with van der Waals surface area (Å²) in [6.07, 6.45) is 1.66. The SMILES string of the molecule is COC(=O)c1ccc2nc(N)c(Sc3cccc(Cl)c3)n2c1. The zero-order valence-electron chi connectivity index (χ0n) is 11.6. The van der Waals surface area contributed by atoms with Crippen molar-refractivity contribution in [3.05, 3.63) is 53.2 Å². The highest BCUT2D eigenvalue weighted by molar-refractivity contribution is 7.99. The molecule has 0 unspecified atom stereocenters. The molecule has 0 aliphatic carbocycles. The molecule has 0 fully saturated rings. The van der Waals surface area contributed by atoms with Gasteiger partial charge in [0.2, 0.25) is 0 Å². The van der Waals surface area contributed by atoms with E-state index in [0.29, 0.717) is 22.1 Å². The molecule has 0 saturated heterocycles. The molecule has 3 rings (SSSR count). The number of anilines is 1. The zero-order chi connectivity index (χ0) is 15.7. The van der Waals surface area contributed by atoms with E-state index in [1.54, 1.807) is 28.8 Å². The molecular weight excluding hydrogens is 322 g/mol. The highest BCUT2D eigenvalue weighted by atomic mass is 35.5. The number of carbonyl (C=O) groups excluding carboxylic acids is 1. The number of imidazole rings is 1. The fourth-order valence-corrected chi connectivity index (χ4v) is 3.23. The fraction of sp³-hybridized carbons (Fsp3) is 0.0667. The van der Waals surface area contributed by atoms with E-state index in [2.05, 4.69) is 4.98 Å². The van der Waals surface area contributed by atoms with E-state index in [1.807, 2.05) is 18.2 Å². The van der Waals surface area contributed by atoms with E-state index < -0.39 is 5.97 Å². The zero-order valence-corrected chi connectivity index (χ0v) is 13.2. The lowest BCUT2D eigenvalue weighted by Crippen LogP contribution is -2.03. The van der Waals surface area contributed by atoms with Crippen LogP contribution >= 0.6 is 23.4 Å². The number of benzene rings is 1. The minimum absolute atomic E-state index is 0.395. The van der Waals surface area contributed by atoms with E-state index in [-0.39, 0.29) is 0 Å². The third-order valence-corrected chi connectivity index (χ3v) is 4.36. The molecule has 0 aliphatic rings. The first-order valence-electron chi connectivity index (χ1n) is 6.38. The lowest BCUT2D eigenvalue weighted by atomic mass is 10.3. The second kappa shape index (κ2) is 5.90. The van der Waals surface area contributed by atoms with Gasteiger partial charge in [0.1, 0.15) is 10.7 Å². The molecule has 2 aromatic heterocycles. The maximum absolute atomic E-state index is 11.7. The minimum Gasteiger partial charge on any atom is -0.465 e. The summed E-state index contributed by atoms with van der Waals surface area (Å²) < 4.78 is 6.51. The topological polar surface area (TPSA) is 69.6 Å². The molecule has 0 atom stereocenters. The van der Waals surface area contributed by atoms with Gasteiger partial charge in [-0.15, -0.1) is 0 Å². The third kappa shape index (κ3) is 2.75. The van der Waals surface area contributed by atoms with E-state index in [0.717, 1.165) is 9.92 Å². The van der Waals surface area contributed by atoms with Crippen molar-refractivity contribution in [1.82, 2.24) is 9.38 Å². The number of hydrogen-bond acceptors (Lipinski definition) is 5. The van der Waals surface area contributed by atoms with Crippen molar-refractivity contribution < 1.29 is 9.53 Å². The number of pyridine rings is 1. The maximum Gasteiger partial charge on any atom is 0.339 e. The molecule has 0 spiro atoms. The molecule has 1 aromatic carbocycles. The Hall–Kier alpha value is -2.18. The maximum atomic E-state index is 11.7. The standard InChI is InChI=1S/C15H12ClN3O2S/c1-21-15(20)9-5-6-12-18-13(17)14(19(12)8-9)22-11-4-2-3-10(16)7-11/h2-8H,17H2,1H3. The van der Waals surface area contributed by atoms with Gasteiger partial charge in [-0.1, -0.05) is 29.4 Å². The van der Waals surface area contributed by atoms with Gasteiger partial charge in [-0.2, -0.15) is 0 Å². The van der Waals surface area contributed by atoms with Gasteiger partial charge in [-0.3, -0.25) is 4.40 Å². The number of rotatable bonds is 3. The summed E-state index contributed by atoms with van der Waals surface area (Å²) in [4.78, 5) is 16.9. The number of carbonyl (C=O) groups is 1. The van der Waals surface area contributed by atoms with Crippen LogP contribution in [0.4, 0.5) is 5.82 Å². The lowest BCUT2D eigenvalue weighted by Gasteiger charge is -2.05. The van der Waals surface area contributed by atoms with Gasteiger partial charge in [-0.05, 0) is 30.3 Å². The quantitative estimate of drug-likeness (QED) is 0.743. The summed E-state index contributed by atoms with van der Waals surface area (Å²) in [5.41, 5.74) is 7.09. The van der Waals surface area contributed by atoms with E-state index >= 15 is 0 Å². The number of fused-ring (bicyclic) bond motifs is 1. The molecular formula is C15H12ClN3O2S. The number of methoxy groups -OCH3 is 1. The first-order chi connectivity index (χ1) is 10.6. The Balaban J connectivity index is 2.07. The molecule has 112 valence electrons. The number of nitrogens with zero attached hydrogens (tertiary/aromatic N) is 2. The first-order valence-corrected chi connectivity index (χ1v) is 7.57. The van der Waals surface area contributed by atoms with Crippen LogP contribution in [0.1, 0.15) is 10.4 Å². The van der Waals surface area contributed by atoms with Crippen LogP contribution in [0.3, 0.4) is 0 Å². The predicted molar refractivity (Wildman–Crippen MR) is 86.5 cm³/mol. The van der Waals surface area contributed by atoms with E-state index in [1.165, 1.54) is 18.9 Å². The number of nitrogen functional groups attached to an aromatic ring is 1. The van der Waals surface area contributed by atoms with Crippen molar-refractivity contribution in [3.63, 3.8) is 0 Å². The third-order valence-electron chi connectivity index (χ3n) is 3.03. The van der Waals surface area contributed by atoms with Crippen molar-refractivity contribution >= 4 is 40.8 Å². The van der Waals surface area contributed by atoms with Gasteiger partial charge >= 0.3 is 5.97 Å². The number of esters is 1. The summed E-state index contributed by atoms with van der Waals surface area (Å²) in [5.74, 6) is -0.0140. The van der Waals surface area contributed by atoms with Crippen LogP contribution < -0.4 is 5.73 Å². The monoisotopic (exact) mass is 333 g/mol. The Morgan fingerprint density at radius 3 is 2.91 bits per heavy atom. The van der Waals surface area contributed by atoms with Gasteiger partial charge < -0.3 is 10.5 Å². The Labute approximate surface area is 136 Å². The first kappa shape index (κ1) is 14.7. The number of halogens is 1. The van der Waals surface area contributed by atoms with Crippen LogP contribution in [0.25, 0.3) is 5.65 Å². The van der Waals surface area contributed by atoms with Crippen LogP contribution in [0.5, 0.6) is 0 Å². The lowest BCUT2D eigenvalue weighted by molar-refractivity contribution is 0.0600. The van der Waals surface area contributed by atoms with Crippen LogP contribution in [0.2, 0.25) is 5.02 Å². The van der Waals surface area contributed by atoms with Crippen LogP contribution in [0, 0.1) is 0 Å². The molecule has 0 radical (unpaired) electrons. The molecule has 7 heteroatoms. The Morgan fingerprint density at radius 2 is 2.18 bits per heavy atom. The molecule has 2 N–H and O–H groups in total. The van der Waals surface area contributed by atoms with Gasteiger partial charge in [0.25, 0.3) is 0 Å². The summed E-state index contributed by atoms with van der Waals surface area (Å²) >= 11 is 7.43. The van der Waals surface area contributed by atoms with Crippen LogP contribution in [0.15, 0.2) is 52.5 Å². The Kier molecular flexibility index (Phi) is 3.96. The molecule has 0 bridgehead atoms. The molecule has 2 heterocycles. The van der Waals surface area contributed by atoms with Crippen molar-refractivity contribution in [3.8, 4) is 0 Å². The molecule has 0 aliphatic heterocycles. The van der Waals surface area contributed by atoms with Gasteiger partial charge in [-0.25, -0.2) is 9.78 Å². The second-order valence-corrected chi connectivity index (χ2v) is 6.00. The van der Waals surface area contributed by atoms with Crippen molar-refractivity contribution in [2.75, 3.05) is 12.8 Å². The van der Waals surface area contributed by atoms with Crippen molar-refractivity contribution in [2.24, 2.45) is 0 Å². The Bertz CT molecular complexity index is 863. The number of aromatic nitrogens is 2. The average Bonchev–Trinajstić information content (AvgIpc) is 2.82. The molecule has 3 aromatic rings. The molecule has 0 amide bonds. The van der Waals surface area contributed by atoms with E-state index in [9.17, 15) is 4.79 Å².